The lowest BCUT2D eigenvalue weighted by Gasteiger charge is -2.20. The van der Waals surface area contributed by atoms with E-state index in [2.05, 4.69) is 20.9 Å². The molecule has 2 aromatic heterocycles. The molecule has 164 valence electrons. The molecule has 0 spiro atoms. The van der Waals surface area contributed by atoms with Gasteiger partial charge in [-0.05, 0) is 66.5 Å². The van der Waals surface area contributed by atoms with Crippen molar-refractivity contribution < 1.29 is 19.3 Å². The quantitative estimate of drug-likeness (QED) is 0.565. The van der Waals surface area contributed by atoms with E-state index < -0.39 is 6.10 Å². The number of ether oxygens (including phenoxy) is 1. The smallest absolute Gasteiger partial charge is 0.138 e. The first-order valence-electron chi connectivity index (χ1n) is 10.9. The van der Waals surface area contributed by atoms with Crippen molar-refractivity contribution in [1.29, 1.82) is 0 Å². The molecule has 6 nitrogen and oxygen atoms in total. The van der Waals surface area contributed by atoms with Crippen molar-refractivity contribution in [3.63, 3.8) is 0 Å². The largest absolute Gasteiger partial charge is 0.496 e. The Morgan fingerprint density at radius 3 is 2.68 bits per heavy atom. The molecule has 0 amide bonds. The van der Waals surface area contributed by atoms with Crippen molar-refractivity contribution in [2.75, 3.05) is 33.4 Å². The number of aromatic amines is 1. The van der Waals surface area contributed by atoms with Crippen LogP contribution >= 0.6 is 0 Å². The summed E-state index contributed by atoms with van der Waals surface area (Å²) < 4.78 is 19.4. The molecule has 3 aromatic rings. The van der Waals surface area contributed by atoms with Crippen LogP contribution in [0.15, 0.2) is 36.5 Å². The number of methoxy groups -OCH3 is 1. The first kappa shape index (κ1) is 20.4. The van der Waals surface area contributed by atoms with Gasteiger partial charge in [0.05, 0.1) is 19.8 Å². The highest BCUT2D eigenvalue weighted by atomic mass is 19.1. The minimum Gasteiger partial charge on any atom is -0.496 e. The van der Waals surface area contributed by atoms with Crippen LogP contribution in [0.1, 0.15) is 24.5 Å². The number of rotatable bonds is 6. The molecule has 2 fully saturated rings. The number of halogens is 1. The summed E-state index contributed by atoms with van der Waals surface area (Å²) in [6.45, 7) is 2.31. The number of pyridine rings is 1. The van der Waals surface area contributed by atoms with Crippen LogP contribution in [-0.4, -0.2) is 64.5 Å². The number of H-pyrrole nitrogens is 1. The Labute approximate surface area is 180 Å². The highest BCUT2D eigenvalue weighted by Gasteiger charge is 2.42. The molecular weight excluding hydrogens is 397 g/mol. The molecular formula is C24H28FN3O3. The molecule has 1 saturated heterocycles. The van der Waals surface area contributed by atoms with Gasteiger partial charge in [-0.15, -0.1) is 0 Å². The Balaban J connectivity index is 1.39. The van der Waals surface area contributed by atoms with Crippen LogP contribution in [-0.2, 0) is 0 Å². The average Bonchev–Trinajstić information content (AvgIpc) is 3.45. The Morgan fingerprint density at radius 2 is 1.97 bits per heavy atom. The number of aliphatic hydroxyl groups excluding tert-OH is 2. The first-order valence-corrected chi connectivity index (χ1v) is 10.9. The van der Waals surface area contributed by atoms with Gasteiger partial charge in [0.15, 0.2) is 0 Å². The monoisotopic (exact) mass is 425 g/mol. The molecule has 1 aromatic carbocycles. The molecule has 1 aliphatic heterocycles. The van der Waals surface area contributed by atoms with Crippen molar-refractivity contribution >= 4 is 11.0 Å². The van der Waals surface area contributed by atoms with E-state index in [1.165, 1.54) is 17.8 Å². The zero-order valence-electron chi connectivity index (χ0n) is 17.6. The van der Waals surface area contributed by atoms with E-state index in [0.29, 0.717) is 30.0 Å². The summed E-state index contributed by atoms with van der Waals surface area (Å²) in [7, 11) is 1.60. The average molecular weight is 426 g/mol. The molecule has 7 heteroatoms. The van der Waals surface area contributed by atoms with Gasteiger partial charge in [-0.1, -0.05) is 0 Å². The van der Waals surface area contributed by atoms with Gasteiger partial charge in [0.25, 0.3) is 0 Å². The van der Waals surface area contributed by atoms with Gasteiger partial charge in [-0.25, -0.2) is 9.37 Å². The lowest BCUT2D eigenvalue weighted by atomic mass is 9.99. The van der Waals surface area contributed by atoms with Gasteiger partial charge in [0.1, 0.15) is 17.2 Å². The molecule has 31 heavy (non-hydrogen) atoms. The third kappa shape index (κ3) is 3.82. The maximum absolute atomic E-state index is 14.0. The molecule has 5 rings (SSSR count). The van der Waals surface area contributed by atoms with E-state index >= 15 is 0 Å². The molecule has 1 unspecified atom stereocenters. The minimum absolute atomic E-state index is 0.186. The van der Waals surface area contributed by atoms with Crippen molar-refractivity contribution in [2.24, 2.45) is 11.8 Å². The first-order chi connectivity index (χ1) is 15.1. The van der Waals surface area contributed by atoms with Crippen molar-refractivity contribution in [3.8, 4) is 16.9 Å². The van der Waals surface area contributed by atoms with E-state index in [1.807, 2.05) is 6.07 Å². The zero-order chi connectivity index (χ0) is 21.5. The van der Waals surface area contributed by atoms with Crippen molar-refractivity contribution in [2.45, 2.75) is 24.9 Å². The van der Waals surface area contributed by atoms with E-state index in [0.717, 1.165) is 48.1 Å². The van der Waals surface area contributed by atoms with E-state index in [4.69, 9.17) is 9.84 Å². The number of nitrogens with one attached hydrogen (secondary N) is 1. The Bertz CT molecular complexity index is 1070. The molecule has 3 heterocycles. The lowest BCUT2D eigenvalue weighted by molar-refractivity contribution is 0.0637. The molecule has 2 aliphatic rings. The normalized spacial score (nSPS) is 24.6. The van der Waals surface area contributed by atoms with Crippen molar-refractivity contribution in [1.82, 2.24) is 14.9 Å². The van der Waals surface area contributed by atoms with Crippen LogP contribution in [0, 0.1) is 17.7 Å². The number of hydrogen-bond acceptors (Lipinski definition) is 5. The van der Waals surface area contributed by atoms with Crippen LogP contribution in [0.2, 0.25) is 0 Å². The van der Waals surface area contributed by atoms with Crippen LogP contribution in [0.25, 0.3) is 22.2 Å². The number of β-amino-alcohol motifs (C(OH)–C–C–N with tert-alkyl or cyclic N) is 1. The Kier molecular flexibility index (Phi) is 5.42. The SMILES string of the molecule is COc1ccc(F)cc1-c1ccnc2[nH]c([C@@H]3C[C@@H]4CN(CC(O)CO)C[C@@H]4C3)cc12. The van der Waals surface area contributed by atoms with Crippen molar-refractivity contribution in [3.05, 3.63) is 48.0 Å². The van der Waals surface area contributed by atoms with Gasteiger partial charge in [0.2, 0.25) is 0 Å². The Morgan fingerprint density at radius 1 is 1.19 bits per heavy atom. The number of nitrogens with zero attached hydrogens (tertiary/aromatic N) is 2. The van der Waals surface area contributed by atoms with Gasteiger partial charge in [-0.2, -0.15) is 0 Å². The standard InChI is InChI=1S/C24H28FN3O3/c1-31-23-3-2-17(25)8-20(23)19-4-5-26-24-21(19)9-22(27-24)14-6-15-10-28(11-16(15)7-14)12-18(30)13-29/h2-5,8-9,14-16,18,29-30H,6-7,10-13H2,1H3,(H,26,27)/t14-,15-,16+,18?. The molecule has 1 saturated carbocycles. The molecule has 4 atom stereocenters. The summed E-state index contributed by atoms with van der Waals surface area (Å²) in [5, 5.41) is 19.8. The minimum atomic E-state index is -0.660. The van der Waals surface area contributed by atoms with E-state index in [9.17, 15) is 9.50 Å². The zero-order valence-corrected chi connectivity index (χ0v) is 17.6. The molecule has 1 aliphatic carbocycles. The second-order valence-electron chi connectivity index (χ2n) is 8.93. The summed E-state index contributed by atoms with van der Waals surface area (Å²) in [4.78, 5) is 10.3. The number of likely N-dealkylation sites (tertiary alicyclic amines) is 1. The number of fused-ring (bicyclic) bond motifs is 2. The maximum atomic E-state index is 14.0. The number of aliphatic hydroxyl groups is 2. The summed E-state index contributed by atoms with van der Waals surface area (Å²) >= 11 is 0. The third-order valence-corrected chi connectivity index (χ3v) is 6.95. The summed E-state index contributed by atoms with van der Waals surface area (Å²) in [5.74, 6) is 2.00. The van der Waals surface area contributed by atoms with Gasteiger partial charge in [-0.3, -0.25) is 0 Å². The lowest BCUT2D eigenvalue weighted by Crippen LogP contribution is -2.33. The third-order valence-electron chi connectivity index (χ3n) is 6.95. The predicted molar refractivity (Wildman–Crippen MR) is 117 cm³/mol. The number of benzene rings is 1. The van der Waals surface area contributed by atoms with Crippen LogP contribution in [0.5, 0.6) is 5.75 Å². The van der Waals surface area contributed by atoms with Gasteiger partial charge < -0.3 is 24.8 Å². The number of aromatic nitrogens is 2. The van der Waals surface area contributed by atoms with Crippen LogP contribution in [0.3, 0.4) is 0 Å². The topological polar surface area (TPSA) is 81.6 Å². The summed E-state index contributed by atoms with van der Waals surface area (Å²) in [6, 6.07) is 8.65. The highest BCUT2D eigenvalue weighted by molar-refractivity contribution is 5.95. The fourth-order valence-corrected chi connectivity index (χ4v) is 5.55. The second-order valence-corrected chi connectivity index (χ2v) is 8.93. The Hall–Kier alpha value is -2.48. The maximum Gasteiger partial charge on any atom is 0.138 e. The summed E-state index contributed by atoms with van der Waals surface area (Å²) in [5.41, 5.74) is 3.62. The number of hydrogen-bond donors (Lipinski definition) is 3. The fraction of sp³-hybridized carbons (Fsp3) is 0.458. The fourth-order valence-electron chi connectivity index (χ4n) is 5.55. The molecule has 0 radical (unpaired) electrons. The second kappa shape index (κ2) is 8.22. The summed E-state index contributed by atoms with van der Waals surface area (Å²) in [6.07, 6.45) is 3.28. The van der Waals surface area contributed by atoms with E-state index in [-0.39, 0.29) is 12.4 Å². The highest BCUT2D eigenvalue weighted by Crippen LogP contribution is 2.47. The molecule has 0 bridgehead atoms. The van der Waals surface area contributed by atoms with Gasteiger partial charge >= 0.3 is 0 Å². The predicted octanol–water partition coefficient (Wildman–Crippen LogP) is 3.16. The van der Waals surface area contributed by atoms with E-state index in [1.54, 1.807) is 19.4 Å². The van der Waals surface area contributed by atoms with Crippen LogP contribution in [0.4, 0.5) is 4.39 Å². The molecule has 3 N–H and O–H groups in total. The van der Waals surface area contributed by atoms with Crippen LogP contribution < -0.4 is 4.74 Å². The van der Waals surface area contributed by atoms with Gasteiger partial charge in [0, 0.05) is 42.5 Å².